The first-order valence-corrected chi connectivity index (χ1v) is 6.62. The van der Waals surface area contributed by atoms with E-state index in [-0.39, 0.29) is 0 Å². The average molecular weight is 263 g/mol. The van der Waals surface area contributed by atoms with Crippen LogP contribution >= 0.6 is 0 Å². The molecule has 2 N–H and O–H groups in total. The summed E-state index contributed by atoms with van der Waals surface area (Å²) < 4.78 is 5.09. The van der Waals surface area contributed by atoms with Crippen LogP contribution in [0, 0.1) is 11.8 Å². The fraction of sp³-hybridized carbons (Fsp3) is 0.533. The molecule has 0 amide bonds. The summed E-state index contributed by atoms with van der Waals surface area (Å²) in [5, 5.41) is 12.6. The highest BCUT2D eigenvalue weighted by atomic mass is 16.5. The van der Waals surface area contributed by atoms with Gasteiger partial charge in [0, 0.05) is 5.69 Å². The third-order valence-electron chi connectivity index (χ3n) is 4.05. The van der Waals surface area contributed by atoms with E-state index in [2.05, 4.69) is 19.2 Å². The molecule has 4 nitrogen and oxygen atoms in total. The van der Waals surface area contributed by atoms with Crippen molar-refractivity contribution in [3.05, 3.63) is 24.3 Å². The zero-order valence-electron chi connectivity index (χ0n) is 11.6. The van der Waals surface area contributed by atoms with Crippen LogP contribution in [0.3, 0.4) is 0 Å². The Hall–Kier alpha value is -1.71. The number of aliphatic carboxylic acids is 1. The van der Waals surface area contributed by atoms with Crippen molar-refractivity contribution < 1.29 is 14.6 Å². The summed E-state index contributed by atoms with van der Waals surface area (Å²) >= 11 is 0. The second kappa shape index (κ2) is 5.11. The van der Waals surface area contributed by atoms with E-state index in [9.17, 15) is 9.90 Å². The molecule has 2 rings (SSSR count). The molecular formula is C15H21NO3. The van der Waals surface area contributed by atoms with Crippen molar-refractivity contribution in [1.29, 1.82) is 0 Å². The molecule has 1 aliphatic rings. The number of rotatable bonds is 5. The van der Waals surface area contributed by atoms with E-state index in [1.807, 2.05) is 24.3 Å². The predicted octanol–water partition coefficient (Wildman–Crippen LogP) is 3.00. The number of methoxy groups -OCH3 is 1. The molecule has 0 bridgehead atoms. The number of carboxylic acid groups (broad SMARTS) is 1. The molecule has 0 saturated heterocycles. The smallest absolute Gasteiger partial charge is 0.329 e. The minimum Gasteiger partial charge on any atom is -0.497 e. The lowest BCUT2D eigenvalue weighted by Gasteiger charge is -2.47. The average Bonchev–Trinajstić information content (AvgIpc) is 2.33. The molecular weight excluding hydrogens is 242 g/mol. The van der Waals surface area contributed by atoms with Gasteiger partial charge in [0.25, 0.3) is 0 Å². The van der Waals surface area contributed by atoms with Gasteiger partial charge in [0.05, 0.1) is 7.11 Å². The number of carboxylic acids is 1. The van der Waals surface area contributed by atoms with E-state index in [1.165, 1.54) is 0 Å². The van der Waals surface area contributed by atoms with Gasteiger partial charge >= 0.3 is 5.97 Å². The molecule has 1 fully saturated rings. The van der Waals surface area contributed by atoms with E-state index in [0.29, 0.717) is 24.7 Å². The van der Waals surface area contributed by atoms with Crippen LogP contribution in [0.1, 0.15) is 26.7 Å². The first-order chi connectivity index (χ1) is 8.97. The Kier molecular flexibility index (Phi) is 3.69. The monoisotopic (exact) mass is 263 g/mol. The Morgan fingerprint density at radius 2 is 1.95 bits per heavy atom. The minimum absolute atomic E-state index is 0.488. The van der Waals surface area contributed by atoms with E-state index in [0.717, 1.165) is 11.4 Å². The second-order valence-corrected chi connectivity index (χ2v) is 5.65. The van der Waals surface area contributed by atoms with Gasteiger partial charge < -0.3 is 15.2 Å². The van der Waals surface area contributed by atoms with E-state index in [4.69, 9.17) is 4.74 Å². The summed E-state index contributed by atoms with van der Waals surface area (Å²) in [5.74, 6) is 1.02. The zero-order chi connectivity index (χ0) is 14.0. The molecule has 0 aromatic heterocycles. The highest BCUT2D eigenvalue weighted by Crippen LogP contribution is 2.44. The van der Waals surface area contributed by atoms with Gasteiger partial charge in [0.2, 0.25) is 0 Å². The number of nitrogens with one attached hydrogen (secondary N) is 1. The number of hydrogen-bond donors (Lipinski definition) is 2. The van der Waals surface area contributed by atoms with Gasteiger partial charge in [-0.3, -0.25) is 0 Å². The van der Waals surface area contributed by atoms with Gasteiger partial charge in [-0.25, -0.2) is 4.79 Å². The molecule has 1 aromatic rings. The second-order valence-electron chi connectivity index (χ2n) is 5.65. The lowest BCUT2D eigenvalue weighted by Crippen LogP contribution is -2.57. The molecule has 19 heavy (non-hydrogen) atoms. The van der Waals surface area contributed by atoms with Crippen LogP contribution in [-0.2, 0) is 4.79 Å². The summed E-state index contributed by atoms with van der Waals surface area (Å²) in [7, 11) is 1.61. The molecule has 4 heteroatoms. The van der Waals surface area contributed by atoms with Crippen molar-refractivity contribution in [2.45, 2.75) is 32.2 Å². The number of ether oxygens (including phenoxy) is 1. The molecule has 1 saturated carbocycles. The molecule has 0 spiro atoms. The van der Waals surface area contributed by atoms with Crippen molar-refractivity contribution in [1.82, 2.24) is 0 Å². The van der Waals surface area contributed by atoms with E-state index in [1.54, 1.807) is 7.11 Å². The normalized spacial score (nSPS) is 25.8. The fourth-order valence-corrected chi connectivity index (χ4v) is 2.59. The standard InChI is InChI=1S/C15H21NO3/c1-10(2)11-8-15(9-11,14(17)18)16-12-4-6-13(19-3)7-5-12/h4-7,10-11,16H,8-9H2,1-3H3,(H,17,18). The van der Waals surface area contributed by atoms with Crippen molar-refractivity contribution in [3.8, 4) is 5.75 Å². The van der Waals surface area contributed by atoms with Gasteiger partial charge in [-0.2, -0.15) is 0 Å². The molecule has 1 aromatic carbocycles. The van der Waals surface area contributed by atoms with Crippen molar-refractivity contribution in [3.63, 3.8) is 0 Å². The van der Waals surface area contributed by atoms with E-state index >= 15 is 0 Å². The molecule has 0 heterocycles. The van der Waals surface area contributed by atoms with Crippen molar-refractivity contribution in [2.24, 2.45) is 11.8 Å². The van der Waals surface area contributed by atoms with Crippen LogP contribution < -0.4 is 10.1 Å². The largest absolute Gasteiger partial charge is 0.497 e. The summed E-state index contributed by atoms with van der Waals surface area (Å²) in [6.45, 7) is 4.29. The van der Waals surface area contributed by atoms with Crippen LogP contribution in [0.15, 0.2) is 24.3 Å². The van der Waals surface area contributed by atoms with Gasteiger partial charge in [0.15, 0.2) is 0 Å². The van der Waals surface area contributed by atoms with Gasteiger partial charge in [-0.05, 0) is 48.9 Å². The number of hydrogen-bond acceptors (Lipinski definition) is 3. The lowest BCUT2D eigenvalue weighted by molar-refractivity contribution is -0.148. The highest BCUT2D eigenvalue weighted by molar-refractivity contribution is 5.84. The molecule has 0 radical (unpaired) electrons. The first kappa shape index (κ1) is 13.7. The Balaban J connectivity index is 2.08. The van der Waals surface area contributed by atoms with Crippen LogP contribution in [0.4, 0.5) is 5.69 Å². The maximum absolute atomic E-state index is 11.5. The predicted molar refractivity (Wildman–Crippen MR) is 74.5 cm³/mol. The quantitative estimate of drug-likeness (QED) is 0.857. The van der Waals surface area contributed by atoms with Crippen molar-refractivity contribution in [2.75, 3.05) is 12.4 Å². The SMILES string of the molecule is COc1ccc(NC2(C(=O)O)CC(C(C)C)C2)cc1. The molecule has 0 unspecified atom stereocenters. The maximum Gasteiger partial charge on any atom is 0.329 e. The Morgan fingerprint density at radius 1 is 1.37 bits per heavy atom. The molecule has 0 atom stereocenters. The summed E-state index contributed by atoms with van der Waals surface area (Å²) in [5.41, 5.74) is 0.0224. The lowest BCUT2D eigenvalue weighted by atomic mass is 9.64. The van der Waals surface area contributed by atoms with Crippen LogP contribution in [0.5, 0.6) is 5.75 Å². The maximum atomic E-state index is 11.5. The highest BCUT2D eigenvalue weighted by Gasteiger charge is 2.51. The minimum atomic E-state index is -0.802. The van der Waals surface area contributed by atoms with Gasteiger partial charge in [-0.1, -0.05) is 13.8 Å². The topological polar surface area (TPSA) is 58.6 Å². The van der Waals surface area contributed by atoms with E-state index < -0.39 is 11.5 Å². The Bertz CT molecular complexity index is 447. The summed E-state index contributed by atoms with van der Waals surface area (Å²) in [6, 6.07) is 7.37. The van der Waals surface area contributed by atoms with Crippen LogP contribution in [0.25, 0.3) is 0 Å². The third-order valence-corrected chi connectivity index (χ3v) is 4.05. The summed E-state index contributed by atoms with van der Waals surface area (Å²) in [4.78, 5) is 11.5. The molecule has 0 aliphatic heterocycles. The van der Waals surface area contributed by atoms with Crippen LogP contribution in [-0.4, -0.2) is 23.7 Å². The number of anilines is 1. The first-order valence-electron chi connectivity index (χ1n) is 6.62. The van der Waals surface area contributed by atoms with Crippen molar-refractivity contribution >= 4 is 11.7 Å². The molecule has 1 aliphatic carbocycles. The fourth-order valence-electron chi connectivity index (χ4n) is 2.59. The van der Waals surface area contributed by atoms with Crippen LogP contribution in [0.2, 0.25) is 0 Å². The Morgan fingerprint density at radius 3 is 2.37 bits per heavy atom. The number of benzene rings is 1. The van der Waals surface area contributed by atoms with Gasteiger partial charge in [-0.15, -0.1) is 0 Å². The van der Waals surface area contributed by atoms with Gasteiger partial charge in [0.1, 0.15) is 11.3 Å². The summed E-state index contributed by atoms with van der Waals surface area (Å²) in [6.07, 6.45) is 1.37. The third kappa shape index (κ3) is 2.67. The number of carbonyl (C=O) groups is 1. The zero-order valence-corrected chi connectivity index (χ0v) is 11.6. The molecule has 104 valence electrons. The Labute approximate surface area is 113 Å².